The summed E-state index contributed by atoms with van der Waals surface area (Å²) in [5.41, 5.74) is 0.0171. The summed E-state index contributed by atoms with van der Waals surface area (Å²) in [6.45, 7) is 5.65. The van der Waals surface area contributed by atoms with Gasteiger partial charge in [-0.3, -0.25) is 4.79 Å². The predicted molar refractivity (Wildman–Crippen MR) is 89.6 cm³/mol. The van der Waals surface area contributed by atoms with Crippen LogP contribution in [-0.4, -0.2) is 67.9 Å². The van der Waals surface area contributed by atoms with E-state index in [1.54, 1.807) is 20.2 Å². The Bertz CT molecular complexity index is 625. The summed E-state index contributed by atoms with van der Waals surface area (Å²) in [5, 5.41) is 9.02. The Labute approximate surface area is 142 Å². The molecule has 1 unspecified atom stereocenters. The van der Waals surface area contributed by atoms with Gasteiger partial charge in [-0.25, -0.2) is 4.98 Å². The highest BCUT2D eigenvalue weighted by molar-refractivity contribution is 5.76. The zero-order valence-corrected chi connectivity index (χ0v) is 14.7. The molecule has 0 bridgehead atoms. The first-order valence-corrected chi connectivity index (χ1v) is 7.88. The third kappa shape index (κ3) is 4.91. The van der Waals surface area contributed by atoms with Crippen LogP contribution < -0.4 is 4.90 Å². The number of amides is 1. The maximum Gasteiger partial charge on any atom is 0.248 e. The van der Waals surface area contributed by atoms with Crippen LogP contribution in [0.1, 0.15) is 19.5 Å². The van der Waals surface area contributed by atoms with Crippen LogP contribution in [0, 0.1) is 11.3 Å². The smallest absolute Gasteiger partial charge is 0.248 e. The lowest BCUT2D eigenvalue weighted by Gasteiger charge is -2.43. The topological polar surface area (TPSA) is 78.7 Å². The van der Waals surface area contributed by atoms with Crippen molar-refractivity contribution in [1.82, 2.24) is 9.88 Å². The second-order valence-electron chi connectivity index (χ2n) is 6.68. The average Bonchev–Trinajstić information content (AvgIpc) is 2.53. The van der Waals surface area contributed by atoms with Crippen molar-refractivity contribution in [2.75, 3.05) is 45.3 Å². The van der Waals surface area contributed by atoms with Crippen LogP contribution in [0.5, 0.6) is 0 Å². The van der Waals surface area contributed by atoms with E-state index in [2.05, 4.69) is 16.0 Å². The van der Waals surface area contributed by atoms with E-state index in [9.17, 15) is 4.79 Å². The number of ether oxygens (including phenoxy) is 2. The van der Waals surface area contributed by atoms with Crippen LogP contribution in [0.25, 0.3) is 0 Å². The van der Waals surface area contributed by atoms with Gasteiger partial charge in [-0.15, -0.1) is 0 Å². The van der Waals surface area contributed by atoms with Crippen molar-refractivity contribution in [2.45, 2.75) is 25.6 Å². The molecule has 1 aliphatic heterocycles. The highest BCUT2D eigenvalue weighted by atomic mass is 16.5. The van der Waals surface area contributed by atoms with Gasteiger partial charge in [0.05, 0.1) is 18.3 Å². The maximum atomic E-state index is 11.6. The number of hydrogen-bond acceptors (Lipinski definition) is 6. The molecule has 0 spiro atoms. The Morgan fingerprint density at radius 2 is 2.29 bits per heavy atom. The molecule has 130 valence electrons. The summed E-state index contributed by atoms with van der Waals surface area (Å²) in [6.07, 6.45) is -0.170. The number of morpholine rings is 1. The van der Waals surface area contributed by atoms with Crippen LogP contribution in [-0.2, 0) is 14.3 Å². The predicted octanol–water partition coefficient (Wildman–Crippen LogP) is 1.04. The van der Waals surface area contributed by atoms with Gasteiger partial charge in [0.2, 0.25) is 5.91 Å². The number of likely N-dealkylation sites (N-methyl/N-ethyl adjacent to an activating group) is 1. The molecule has 1 fully saturated rings. The third-order valence-electron chi connectivity index (χ3n) is 3.68. The van der Waals surface area contributed by atoms with E-state index in [0.29, 0.717) is 25.4 Å². The normalized spacial score (nSPS) is 19.6. The fourth-order valence-corrected chi connectivity index (χ4v) is 2.63. The van der Waals surface area contributed by atoms with E-state index in [4.69, 9.17) is 14.7 Å². The van der Waals surface area contributed by atoms with Gasteiger partial charge in [0.15, 0.2) is 0 Å². The minimum Gasteiger partial charge on any atom is -0.369 e. The summed E-state index contributed by atoms with van der Waals surface area (Å²) >= 11 is 0. The first kappa shape index (κ1) is 18.2. The van der Waals surface area contributed by atoms with Gasteiger partial charge in [0.1, 0.15) is 24.2 Å². The molecule has 0 aromatic carbocycles. The minimum absolute atomic E-state index is 0.0372. The molecule has 1 saturated heterocycles. The SMILES string of the molecule is CN(C)C(=O)COCC1CN(c2cccc(C#N)n2)CC(C)(C)O1. The van der Waals surface area contributed by atoms with Crippen LogP contribution >= 0.6 is 0 Å². The van der Waals surface area contributed by atoms with Crippen LogP contribution in [0.4, 0.5) is 5.82 Å². The summed E-state index contributed by atoms with van der Waals surface area (Å²) in [5.74, 6) is 0.671. The van der Waals surface area contributed by atoms with E-state index in [1.165, 1.54) is 4.90 Å². The summed E-state index contributed by atoms with van der Waals surface area (Å²) in [7, 11) is 3.39. The fourth-order valence-electron chi connectivity index (χ4n) is 2.63. The zero-order chi connectivity index (χ0) is 17.7. The Morgan fingerprint density at radius 1 is 1.54 bits per heavy atom. The molecule has 0 N–H and O–H groups in total. The van der Waals surface area contributed by atoms with E-state index >= 15 is 0 Å². The highest BCUT2D eigenvalue weighted by Gasteiger charge is 2.34. The van der Waals surface area contributed by atoms with Gasteiger partial charge in [-0.1, -0.05) is 6.07 Å². The van der Waals surface area contributed by atoms with E-state index in [1.807, 2.05) is 26.0 Å². The average molecular weight is 332 g/mol. The second kappa shape index (κ2) is 7.60. The van der Waals surface area contributed by atoms with Gasteiger partial charge in [0, 0.05) is 27.2 Å². The monoisotopic (exact) mass is 332 g/mol. The van der Waals surface area contributed by atoms with E-state index < -0.39 is 0 Å². The molecular weight excluding hydrogens is 308 g/mol. The molecule has 1 amide bonds. The van der Waals surface area contributed by atoms with Crippen molar-refractivity contribution in [1.29, 1.82) is 5.26 Å². The molecule has 1 aromatic rings. The molecule has 0 aliphatic carbocycles. The third-order valence-corrected chi connectivity index (χ3v) is 3.68. The minimum atomic E-state index is -0.373. The number of nitriles is 1. The van der Waals surface area contributed by atoms with E-state index in [-0.39, 0.29) is 24.2 Å². The van der Waals surface area contributed by atoms with Crippen molar-refractivity contribution in [2.24, 2.45) is 0 Å². The van der Waals surface area contributed by atoms with Crippen LogP contribution in [0.3, 0.4) is 0 Å². The molecule has 1 atom stereocenters. The number of carbonyl (C=O) groups is 1. The number of hydrogen-bond donors (Lipinski definition) is 0. The van der Waals surface area contributed by atoms with Crippen molar-refractivity contribution in [3.63, 3.8) is 0 Å². The van der Waals surface area contributed by atoms with Crippen LogP contribution in [0.2, 0.25) is 0 Å². The van der Waals surface area contributed by atoms with Gasteiger partial charge < -0.3 is 19.3 Å². The molecule has 0 saturated carbocycles. The molecule has 7 heteroatoms. The van der Waals surface area contributed by atoms with Gasteiger partial charge in [-0.05, 0) is 26.0 Å². The number of nitrogens with zero attached hydrogens (tertiary/aromatic N) is 4. The summed E-state index contributed by atoms with van der Waals surface area (Å²) in [4.78, 5) is 19.5. The lowest BCUT2D eigenvalue weighted by atomic mass is 10.1. The maximum absolute atomic E-state index is 11.6. The Balaban J connectivity index is 2.01. The quantitative estimate of drug-likeness (QED) is 0.802. The lowest BCUT2D eigenvalue weighted by molar-refractivity contribution is -0.139. The summed E-state index contributed by atoms with van der Waals surface area (Å²) < 4.78 is 11.5. The Kier molecular flexibility index (Phi) is 5.75. The van der Waals surface area contributed by atoms with Crippen molar-refractivity contribution >= 4 is 11.7 Å². The Morgan fingerprint density at radius 3 is 2.96 bits per heavy atom. The zero-order valence-electron chi connectivity index (χ0n) is 14.7. The molecule has 2 heterocycles. The fraction of sp³-hybridized carbons (Fsp3) is 0.588. The standard InChI is InChI=1S/C17H24N4O3/c1-17(2)12-21(15-7-5-6-13(8-18)19-15)9-14(24-17)10-23-11-16(22)20(3)4/h5-7,14H,9-12H2,1-4H3. The molecule has 24 heavy (non-hydrogen) atoms. The number of pyridine rings is 1. The molecular formula is C17H24N4O3. The second-order valence-corrected chi connectivity index (χ2v) is 6.68. The van der Waals surface area contributed by atoms with Gasteiger partial charge in [0.25, 0.3) is 0 Å². The summed E-state index contributed by atoms with van der Waals surface area (Å²) in [6, 6.07) is 7.45. The molecule has 0 radical (unpaired) electrons. The molecule has 7 nitrogen and oxygen atoms in total. The Hall–Kier alpha value is -2.17. The molecule has 1 aliphatic rings. The first-order chi connectivity index (χ1) is 11.3. The van der Waals surface area contributed by atoms with Crippen molar-refractivity contribution < 1.29 is 14.3 Å². The van der Waals surface area contributed by atoms with Crippen molar-refractivity contribution in [3.05, 3.63) is 23.9 Å². The largest absolute Gasteiger partial charge is 0.369 e. The molecule has 2 rings (SSSR count). The van der Waals surface area contributed by atoms with Gasteiger partial charge >= 0.3 is 0 Å². The van der Waals surface area contributed by atoms with Gasteiger partial charge in [-0.2, -0.15) is 5.26 Å². The molecule has 1 aromatic heterocycles. The van der Waals surface area contributed by atoms with Crippen LogP contribution in [0.15, 0.2) is 18.2 Å². The highest BCUT2D eigenvalue weighted by Crippen LogP contribution is 2.25. The number of rotatable bonds is 5. The van der Waals surface area contributed by atoms with E-state index in [0.717, 1.165) is 5.82 Å². The first-order valence-electron chi connectivity index (χ1n) is 7.88. The van der Waals surface area contributed by atoms with Crippen molar-refractivity contribution in [3.8, 4) is 6.07 Å². The lowest BCUT2D eigenvalue weighted by Crippen LogP contribution is -2.54. The number of aromatic nitrogens is 1. The number of anilines is 1. The number of carbonyl (C=O) groups excluding carboxylic acids is 1.